The Morgan fingerprint density at radius 1 is 1.43 bits per heavy atom. The van der Waals surface area contributed by atoms with Crippen molar-refractivity contribution in [3.05, 3.63) is 53.1 Å². The molecule has 5 heteroatoms. The van der Waals surface area contributed by atoms with E-state index in [0.717, 1.165) is 29.0 Å². The summed E-state index contributed by atoms with van der Waals surface area (Å²) in [4.78, 5) is 3.95. The van der Waals surface area contributed by atoms with Crippen LogP contribution in [0.4, 0.5) is 0 Å². The lowest BCUT2D eigenvalue weighted by molar-refractivity contribution is 0.0234. The lowest BCUT2D eigenvalue weighted by atomic mass is 9.88. The van der Waals surface area contributed by atoms with E-state index in [0.29, 0.717) is 6.54 Å². The number of hydrogen-bond acceptors (Lipinski definition) is 3. The van der Waals surface area contributed by atoms with Crippen LogP contribution in [0.1, 0.15) is 25.3 Å². The van der Waals surface area contributed by atoms with E-state index in [1.807, 2.05) is 24.3 Å². The lowest BCUT2D eigenvalue weighted by Crippen LogP contribution is -2.38. The number of aliphatic hydroxyl groups is 1. The summed E-state index contributed by atoms with van der Waals surface area (Å²) in [6.07, 6.45) is 7.07. The van der Waals surface area contributed by atoms with Crippen LogP contribution in [-0.4, -0.2) is 25.5 Å². The molecule has 1 aromatic carbocycles. The zero-order valence-corrected chi connectivity index (χ0v) is 12.7. The Balaban J connectivity index is 1.91. The van der Waals surface area contributed by atoms with Crippen molar-refractivity contribution in [2.24, 2.45) is 5.92 Å². The minimum Gasteiger partial charge on any atom is -0.383 e. The van der Waals surface area contributed by atoms with Crippen molar-refractivity contribution in [1.29, 1.82) is 0 Å². The molecule has 0 radical (unpaired) electrons. The molecule has 1 saturated carbocycles. The van der Waals surface area contributed by atoms with Crippen LogP contribution >= 0.6 is 11.6 Å². The summed E-state index contributed by atoms with van der Waals surface area (Å²) in [5, 5.41) is 16.0. The van der Waals surface area contributed by atoms with Crippen molar-refractivity contribution in [1.82, 2.24) is 14.8 Å². The van der Waals surface area contributed by atoms with E-state index in [1.54, 1.807) is 11.0 Å². The molecular weight excluding hydrogens is 286 g/mol. The third kappa shape index (κ3) is 2.87. The lowest BCUT2D eigenvalue weighted by Gasteiger charge is -2.29. The minimum absolute atomic E-state index is 0.195. The Morgan fingerprint density at radius 3 is 2.86 bits per heavy atom. The van der Waals surface area contributed by atoms with Gasteiger partial charge >= 0.3 is 0 Å². The van der Waals surface area contributed by atoms with Crippen molar-refractivity contribution in [3.63, 3.8) is 0 Å². The molecule has 21 heavy (non-hydrogen) atoms. The molecule has 0 amide bonds. The Kier molecular flexibility index (Phi) is 3.83. The highest BCUT2D eigenvalue weighted by molar-refractivity contribution is 6.30. The van der Waals surface area contributed by atoms with Gasteiger partial charge in [-0.15, -0.1) is 0 Å². The van der Waals surface area contributed by atoms with Crippen LogP contribution in [0.15, 0.2) is 42.5 Å². The van der Waals surface area contributed by atoms with Crippen molar-refractivity contribution < 1.29 is 5.11 Å². The Hall–Kier alpha value is -1.65. The quantitative estimate of drug-likeness (QED) is 0.947. The van der Waals surface area contributed by atoms with Crippen LogP contribution in [0, 0.1) is 5.92 Å². The molecule has 0 bridgehead atoms. The van der Waals surface area contributed by atoms with Crippen molar-refractivity contribution in [3.8, 4) is 0 Å². The van der Waals surface area contributed by atoms with Crippen LogP contribution in [0.3, 0.4) is 0 Å². The maximum Gasteiger partial charge on any atom is 0.137 e. The molecule has 0 aliphatic heterocycles. The summed E-state index contributed by atoms with van der Waals surface area (Å²) in [6, 6.07) is 7.66. The highest BCUT2D eigenvalue weighted by Gasteiger charge is 2.43. The summed E-state index contributed by atoms with van der Waals surface area (Å²) in [7, 11) is 0. The number of hydrogen-bond donors (Lipinski definition) is 1. The van der Waals surface area contributed by atoms with Crippen LogP contribution in [-0.2, 0) is 6.54 Å². The molecule has 4 nitrogen and oxygen atoms in total. The highest BCUT2D eigenvalue weighted by atomic mass is 35.5. The summed E-state index contributed by atoms with van der Waals surface area (Å²) < 4.78 is 1.69. The third-order valence-electron chi connectivity index (χ3n) is 4.30. The van der Waals surface area contributed by atoms with Crippen LogP contribution < -0.4 is 0 Å². The largest absolute Gasteiger partial charge is 0.383 e. The van der Waals surface area contributed by atoms with Gasteiger partial charge in [0.15, 0.2) is 0 Å². The van der Waals surface area contributed by atoms with E-state index < -0.39 is 5.60 Å². The summed E-state index contributed by atoms with van der Waals surface area (Å²) in [5.41, 5.74) is 1.24. The van der Waals surface area contributed by atoms with E-state index in [2.05, 4.69) is 23.1 Å². The van der Waals surface area contributed by atoms with Crippen molar-refractivity contribution in [2.45, 2.75) is 31.9 Å². The fourth-order valence-electron chi connectivity index (χ4n) is 2.92. The molecule has 2 aromatic rings. The predicted molar refractivity (Wildman–Crippen MR) is 82.8 cm³/mol. The molecule has 3 rings (SSSR count). The van der Waals surface area contributed by atoms with Gasteiger partial charge in [-0.05, 0) is 42.0 Å². The van der Waals surface area contributed by atoms with Gasteiger partial charge in [-0.3, -0.25) is 0 Å². The topological polar surface area (TPSA) is 50.9 Å². The van der Waals surface area contributed by atoms with Crippen LogP contribution in [0.5, 0.6) is 0 Å². The number of rotatable bonds is 3. The number of aromatic nitrogens is 3. The molecule has 1 fully saturated rings. The predicted octanol–water partition coefficient (Wildman–Crippen LogP) is 3.18. The molecule has 110 valence electrons. The molecule has 0 saturated heterocycles. The van der Waals surface area contributed by atoms with Crippen LogP contribution in [0.2, 0.25) is 5.02 Å². The molecule has 1 aliphatic carbocycles. The van der Waals surface area contributed by atoms with E-state index in [9.17, 15) is 5.11 Å². The first-order valence-corrected chi connectivity index (χ1v) is 7.47. The summed E-state index contributed by atoms with van der Waals surface area (Å²) in [5.74, 6) is 0.195. The summed E-state index contributed by atoms with van der Waals surface area (Å²) in [6.45, 7) is 2.52. The number of halogens is 1. The monoisotopic (exact) mass is 303 g/mol. The zero-order valence-electron chi connectivity index (χ0n) is 11.9. The maximum atomic E-state index is 11.1. The van der Waals surface area contributed by atoms with Gasteiger partial charge in [0.1, 0.15) is 18.3 Å². The van der Waals surface area contributed by atoms with E-state index in [1.165, 1.54) is 6.33 Å². The van der Waals surface area contributed by atoms with Gasteiger partial charge in [0.2, 0.25) is 0 Å². The average molecular weight is 304 g/mol. The molecule has 1 aromatic heterocycles. The van der Waals surface area contributed by atoms with Crippen LogP contribution in [0.25, 0.3) is 6.08 Å². The highest BCUT2D eigenvalue weighted by Crippen LogP contribution is 2.42. The molecule has 1 N–H and O–H groups in total. The van der Waals surface area contributed by atoms with Crippen molar-refractivity contribution in [2.75, 3.05) is 0 Å². The molecule has 2 atom stereocenters. The molecule has 1 aliphatic rings. The molecule has 0 spiro atoms. The first-order chi connectivity index (χ1) is 10.1. The third-order valence-corrected chi connectivity index (χ3v) is 4.55. The molecule has 2 unspecified atom stereocenters. The number of nitrogens with zero attached hydrogens (tertiary/aromatic N) is 3. The van der Waals surface area contributed by atoms with Gasteiger partial charge in [0, 0.05) is 5.02 Å². The Labute approximate surface area is 129 Å². The Bertz CT molecular complexity index is 636. The maximum absolute atomic E-state index is 11.1. The second kappa shape index (κ2) is 5.62. The summed E-state index contributed by atoms with van der Waals surface area (Å²) >= 11 is 5.91. The van der Waals surface area contributed by atoms with E-state index >= 15 is 0 Å². The molecular formula is C16H18ClN3O. The van der Waals surface area contributed by atoms with Gasteiger partial charge in [-0.1, -0.05) is 36.7 Å². The molecule has 1 heterocycles. The smallest absolute Gasteiger partial charge is 0.137 e. The zero-order chi connectivity index (χ0) is 14.9. The fraction of sp³-hybridized carbons (Fsp3) is 0.375. The Morgan fingerprint density at radius 2 is 2.19 bits per heavy atom. The first-order valence-electron chi connectivity index (χ1n) is 7.09. The van der Waals surface area contributed by atoms with Gasteiger partial charge in [-0.25, -0.2) is 9.67 Å². The van der Waals surface area contributed by atoms with Gasteiger partial charge in [-0.2, -0.15) is 5.10 Å². The van der Waals surface area contributed by atoms with Gasteiger partial charge in [0.05, 0.1) is 6.54 Å². The fourth-order valence-corrected chi connectivity index (χ4v) is 3.05. The average Bonchev–Trinajstić information content (AvgIpc) is 3.05. The number of benzene rings is 1. The van der Waals surface area contributed by atoms with Crippen molar-refractivity contribution >= 4 is 17.7 Å². The van der Waals surface area contributed by atoms with E-state index in [-0.39, 0.29) is 5.92 Å². The minimum atomic E-state index is -0.868. The van der Waals surface area contributed by atoms with Gasteiger partial charge < -0.3 is 5.11 Å². The SMILES string of the molecule is CC1CC/C(=C\c2ccc(Cl)cc2)C1(O)Cn1cncn1. The normalized spacial score (nSPS) is 27.4. The standard InChI is InChI=1S/C16H18ClN3O/c1-12-2-5-14(8-13-3-6-15(17)7-4-13)16(12,21)9-20-11-18-10-19-20/h3-4,6-8,10-12,21H,2,5,9H2,1H3/b14-8+. The van der Waals surface area contributed by atoms with E-state index in [4.69, 9.17) is 11.6 Å². The first kappa shape index (κ1) is 14.3. The second-order valence-electron chi connectivity index (χ2n) is 5.68. The van der Waals surface area contributed by atoms with Gasteiger partial charge in [0.25, 0.3) is 0 Å². The second-order valence-corrected chi connectivity index (χ2v) is 6.11.